The third-order valence-corrected chi connectivity index (χ3v) is 2.45. The molecule has 17 heavy (non-hydrogen) atoms. The number of hydrogen-bond acceptors (Lipinski definition) is 4. The molecular weight excluding hydrogens is 226 g/mol. The van der Waals surface area contributed by atoms with Crippen molar-refractivity contribution < 1.29 is 14.5 Å². The molecule has 1 aliphatic rings. The van der Waals surface area contributed by atoms with Crippen LogP contribution in [0.25, 0.3) is 0 Å². The number of amides is 3. The quantitative estimate of drug-likeness (QED) is 0.586. The first-order valence-electron chi connectivity index (χ1n) is 4.91. The number of benzene rings is 1. The fraction of sp³-hybridized carbons (Fsp3) is 0.200. The molecular formula is C10H9N3O4. The number of carbonyl (C=O) groups is 2. The first-order chi connectivity index (χ1) is 8.06. The highest BCUT2D eigenvalue weighted by molar-refractivity contribution is 5.97. The molecule has 1 saturated heterocycles. The summed E-state index contributed by atoms with van der Waals surface area (Å²) in [6.45, 7) is 0. The lowest BCUT2D eigenvalue weighted by atomic mass is 10.0. The van der Waals surface area contributed by atoms with Gasteiger partial charge >= 0.3 is 6.03 Å². The van der Waals surface area contributed by atoms with Gasteiger partial charge in [-0.15, -0.1) is 0 Å². The minimum absolute atomic E-state index is 0.0275. The number of nitro groups is 1. The normalized spacial score (nSPS) is 19.4. The molecule has 0 bridgehead atoms. The Labute approximate surface area is 96.0 Å². The molecule has 7 heteroatoms. The van der Waals surface area contributed by atoms with E-state index in [9.17, 15) is 19.7 Å². The second-order valence-corrected chi connectivity index (χ2v) is 3.63. The Morgan fingerprint density at radius 1 is 1.24 bits per heavy atom. The zero-order valence-electron chi connectivity index (χ0n) is 8.67. The predicted octanol–water partition coefficient (Wildman–Crippen LogP) is 0.865. The Kier molecular flexibility index (Phi) is 2.73. The van der Waals surface area contributed by atoms with Crippen LogP contribution in [0.5, 0.6) is 0 Å². The maximum atomic E-state index is 11.2. The summed E-state index contributed by atoms with van der Waals surface area (Å²) in [6, 6.07) is 4.76. The van der Waals surface area contributed by atoms with Gasteiger partial charge in [-0.05, 0) is 5.56 Å². The van der Waals surface area contributed by atoms with E-state index in [1.807, 2.05) is 0 Å². The summed E-state index contributed by atoms with van der Waals surface area (Å²) in [7, 11) is 0. The van der Waals surface area contributed by atoms with Crippen molar-refractivity contribution in [1.29, 1.82) is 0 Å². The second kappa shape index (κ2) is 4.20. The minimum atomic E-state index is -0.551. The van der Waals surface area contributed by atoms with Gasteiger partial charge in [-0.3, -0.25) is 20.2 Å². The highest BCUT2D eigenvalue weighted by Crippen LogP contribution is 2.21. The second-order valence-electron chi connectivity index (χ2n) is 3.63. The summed E-state index contributed by atoms with van der Waals surface area (Å²) in [5.41, 5.74) is 0.638. The number of urea groups is 1. The zero-order valence-corrected chi connectivity index (χ0v) is 8.67. The summed E-state index contributed by atoms with van der Waals surface area (Å²) in [5.74, 6) is -0.364. The molecule has 0 saturated carbocycles. The van der Waals surface area contributed by atoms with Crippen molar-refractivity contribution in [2.24, 2.45) is 0 Å². The van der Waals surface area contributed by atoms with E-state index in [1.165, 1.54) is 24.3 Å². The van der Waals surface area contributed by atoms with Gasteiger partial charge in [-0.1, -0.05) is 12.1 Å². The van der Waals surface area contributed by atoms with E-state index in [2.05, 4.69) is 10.6 Å². The lowest BCUT2D eigenvalue weighted by Crippen LogP contribution is -2.48. The molecule has 0 aromatic heterocycles. The van der Waals surface area contributed by atoms with Crippen LogP contribution in [-0.2, 0) is 4.79 Å². The Bertz CT molecular complexity index is 467. The van der Waals surface area contributed by atoms with E-state index in [-0.39, 0.29) is 18.0 Å². The molecule has 1 aromatic carbocycles. The van der Waals surface area contributed by atoms with Crippen LogP contribution in [0.4, 0.5) is 10.5 Å². The van der Waals surface area contributed by atoms with Gasteiger partial charge in [0.05, 0.1) is 17.4 Å². The number of carbonyl (C=O) groups excluding carboxylic acids is 2. The maximum absolute atomic E-state index is 11.2. The first kappa shape index (κ1) is 11.1. The lowest BCUT2D eigenvalue weighted by Gasteiger charge is -2.23. The van der Waals surface area contributed by atoms with Crippen molar-refractivity contribution in [2.75, 3.05) is 0 Å². The van der Waals surface area contributed by atoms with E-state index in [0.29, 0.717) is 5.56 Å². The van der Waals surface area contributed by atoms with Gasteiger partial charge in [0, 0.05) is 12.1 Å². The van der Waals surface area contributed by atoms with Crippen molar-refractivity contribution in [1.82, 2.24) is 10.6 Å². The number of imide groups is 1. The number of nitrogens with zero attached hydrogens (tertiary/aromatic N) is 1. The van der Waals surface area contributed by atoms with Gasteiger partial charge in [0.25, 0.3) is 5.69 Å². The van der Waals surface area contributed by atoms with Crippen LogP contribution in [0.3, 0.4) is 0 Å². The third-order valence-electron chi connectivity index (χ3n) is 2.45. The molecule has 1 unspecified atom stereocenters. The van der Waals surface area contributed by atoms with E-state index >= 15 is 0 Å². The third kappa shape index (κ3) is 2.39. The molecule has 0 aliphatic carbocycles. The minimum Gasteiger partial charge on any atom is -0.330 e. The van der Waals surface area contributed by atoms with Gasteiger partial charge in [0.2, 0.25) is 5.91 Å². The Hall–Kier alpha value is -2.44. The van der Waals surface area contributed by atoms with Crippen molar-refractivity contribution in [3.8, 4) is 0 Å². The molecule has 3 amide bonds. The SMILES string of the molecule is O=C1CC(c2ccc([N+](=O)[O-])cc2)NC(=O)N1. The number of non-ortho nitro benzene ring substituents is 1. The molecule has 0 spiro atoms. The topological polar surface area (TPSA) is 101 Å². The largest absolute Gasteiger partial charge is 0.330 e. The number of rotatable bonds is 2. The Morgan fingerprint density at radius 2 is 1.88 bits per heavy atom. The first-order valence-corrected chi connectivity index (χ1v) is 4.91. The van der Waals surface area contributed by atoms with E-state index < -0.39 is 17.0 Å². The Morgan fingerprint density at radius 3 is 2.41 bits per heavy atom. The van der Waals surface area contributed by atoms with Gasteiger partial charge in [-0.25, -0.2) is 4.79 Å². The standard InChI is InChI=1S/C10H9N3O4/c14-9-5-8(11-10(15)12-9)6-1-3-7(4-2-6)13(16)17/h1-4,8H,5H2,(H2,11,12,14,15). The van der Waals surface area contributed by atoms with Crippen LogP contribution in [0.2, 0.25) is 0 Å². The van der Waals surface area contributed by atoms with Crippen LogP contribution >= 0.6 is 0 Å². The van der Waals surface area contributed by atoms with Crippen LogP contribution in [-0.4, -0.2) is 16.9 Å². The highest BCUT2D eigenvalue weighted by atomic mass is 16.6. The molecule has 7 nitrogen and oxygen atoms in total. The molecule has 1 atom stereocenters. The average molecular weight is 235 g/mol. The predicted molar refractivity (Wildman–Crippen MR) is 57.1 cm³/mol. The summed E-state index contributed by atoms with van der Waals surface area (Å²) < 4.78 is 0. The fourth-order valence-corrected chi connectivity index (χ4v) is 1.64. The zero-order chi connectivity index (χ0) is 12.4. The monoisotopic (exact) mass is 235 g/mol. The lowest BCUT2D eigenvalue weighted by molar-refractivity contribution is -0.384. The smallest absolute Gasteiger partial charge is 0.321 e. The van der Waals surface area contributed by atoms with Crippen molar-refractivity contribution in [2.45, 2.75) is 12.5 Å². The van der Waals surface area contributed by atoms with Crippen LogP contribution in [0, 0.1) is 10.1 Å². The molecule has 88 valence electrons. The molecule has 0 radical (unpaired) electrons. The summed E-state index contributed by atoms with van der Waals surface area (Å²) in [5, 5.41) is 15.1. The maximum Gasteiger partial charge on any atom is 0.321 e. The molecule has 1 fully saturated rings. The Balaban J connectivity index is 2.19. The number of nitro benzene ring substituents is 1. The molecule has 1 heterocycles. The molecule has 1 aliphatic heterocycles. The van der Waals surface area contributed by atoms with Crippen LogP contribution in [0.15, 0.2) is 24.3 Å². The summed E-state index contributed by atoms with van der Waals surface area (Å²) in [6.07, 6.45) is 0.129. The summed E-state index contributed by atoms with van der Waals surface area (Å²) >= 11 is 0. The van der Waals surface area contributed by atoms with E-state index in [1.54, 1.807) is 0 Å². The number of nitrogens with one attached hydrogen (secondary N) is 2. The van der Waals surface area contributed by atoms with E-state index in [0.717, 1.165) is 0 Å². The fourth-order valence-electron chi connectivity index (χ4n) is 1.64. The number of hydrogen-bond donors (Lipinski definition) is 2. The van der Waals surface area contributed by atoms with Crippen molar-refractivity contribution in [3.05, 3.63) is 39.9 Å². The molecule has 2 N–H and O–H groups in total. The van der Waals surface area contributed by atoms with Crippen LogP contribution in [0.1, 0.15) is 18.0 Å². The molecule has 1 aromatic rings. The van der Waals surface area contributed by atoms with E-state index in [4.69, 9.17) is 0 Å². The summed E-state index contributed by atoms with van der Waals surface area (Å²) in [4.78, 5) is 32.2. The molecule has 2 rings (SSSR count). The van der Waals surface area contributed by atoms with Crippen molar-refractivity contribution in [3.63, 3.8) is 0 Å². The van der Waals surface area contributed by atoms with Gasteiger partial charge in [0.15, 0.2) is 0 Å². The van der Waals surface area contributed by atoms with Crippen molar-refractivity contribution >= 4 is 17.6 Å². The van der Waals surface area contributed by atoms with Crippen LogP contribution < -0.4 is 10.6 Å². The van der Waals surface area contributed by atoms with Gasteiger partial charge < -0.3 is 5.32 Å². The highest BCUT2D eigenvalue weighted by Gasteiger charge is 2.25. The average Bonchev–Trinajstić information content (AvgIpc) is 2.28. The van der Waals surface area contributed by atoms with Gasteiger partial charge in [0.1, 0.15) is 0 Å². The van der Waals surface area contributed by atoms with Gasteiger partial charge in [-0.2, -0.15) is 0 Å².